The summed E-state index contributed by atoms with van der Waals surface area (Å²) in [6, 6.07) is 13.6. The number of nitrogens with two attached hydrogens (primary N) is 1. The Hall–Kier alpha value is -2.93. The largest absolute Gasteiger partial charge is 0.399 e. The van der Waals surface area contributed by atoms with Crippen LogP contribution in [0.25, 0.3) is 0 Å². The monoisotopic (exact) mass is 251 g/mol. The van der Waals surface area contributed by atoms with E-state index in [4.69, 9.17) is 12.2 Å². The number of anilines is 3. The van der Waals surface area contributed by atoms with Crippen molar-refractivity contribution in [2.45, 2.75) is 0 Å². The standard InChI is InChI=1S/C15H13N3O/c1-2-11-4-3-5-14(10-11)18-15(19)17-13-8-6-12(16)7-9-13/h1,3-10H,16H2,(H2,17,18,19). The van der Waals surface area contributed by atoms with Crippen LogP contribution in [0.5, 0.6) is 0 Å². The smallest absolute Gasteiger partial charge is 0.323 e. The van der Waals surface area contributed by atoms with Crippen LogP contribution in [0.2, 0.25) is 0 Å². The van der Waals surface area contributed by atoms with Crippen molar-refractivity contribution in [2.75, 3.05) is 16.4 Å². The molecule has 0 fully saturated rings. The molecule has 0 unspecified atom stereocenters. The van der Waals surface area contributed by atoms with E-state index in [2.05, 4.69) is 16.6 Å². The Kier molecular flexibility index (Phi) is 3.70. The average Bonchev–Trinajstić information content (AvgIpc) is 2.41. The number of hydrogen-bond donors (Lipinski definition) is 3. The summed E-state index contributed by atoms with van der Waals surface area (Å²) in [5.74, 6) is 2.51. The Morgan fingerprint density at radius 1 is 1.05 bits per heavy atom. The second-order valence-corrected chi connectivity index (χ2v) is 3.93. The molecule has 4 N–H and O–H groups in total. The number of hydrogen-bond acceptors (Lipinski definition) is 2. The molecule has 19 heavy (non-hydrogen) atoms. The summed E-state index contributed by atoms with van der Waals surface area (Å²) >= 11 is 0. The van der Waals surface area contributed by atoms with Gasteiger partial charge < -0.3 is 16.4 Å². The van der Waals surface area contributed by atoms with Crippen molar-refractivity contribution in [2.24, 2.45) is 0 Å². The molecule has 0 atom stereocenters. The van der Waals surface area contributed by atoms with Crippen LogP contribution < -0.4 is 16.4 Å². The first-order valence-electron chi connectivity index (χ1n) is 5.67. The lowest BCUT2D eigenvalue weighted by atomic mass is 10.2. The number of carbonyl (C=O) groups excluding carboxylic acids is 1. The number of nitrogen functional groups attached to an aromatic ring is 1. The van der Waals surface area contributed by atoms with E-state index in [0.29, 0.717) is 22.6 Å². The van der Waals surface area contributed by atoms with Crippen LogP contribution in [0.15, 0.2) is 48.5 Å². The molecule has 2 rings (SSSR count). The minimum absolute atomic E-state index is 0.334. The van der Waals surface area contributed by atoms with Gasteiger partial charge in [-0.15, -0.1) is 6.42 Å². The number of carbonyl (C=O) groups is 1. The Bertz CT molecular complexity index is 627. The van der Waals surface area contributed by atoms with Gasteiger partial charge in [-0.25, -0.2) is 4.79 Å². The van der Waals surface area contributed by atoms with E-state index >= 15 is 0 Å². The lowest BCUT2D eigenvalue weighted by Crippen LogP contribution is -2.19. The van der Waals surface area contributed by atoms with Crippen LogP contribution in [0.1, 0.15) is 5.56 Å². The van der Waals surface area contributed by atoms with E-state index in [9.17, 15) is 4.79 Å². The van der Waals surface area contributed by atoms with Gasteiger partial charge in [-0.3, -0.25) is 0 Å². The molecule has 0 aliphatic carbocycles. The van der Waals surface area contributed by atoms with E-state index in [1.54, 1.807) is 48.5 Å². The van der Waals surface area contributed by atoms with Gasteiger partial charge in [0.25, 0.3) is 0 Å². The maximum Gasteiger partial charge on any atom is 0.323 e. The number of amides is 2. The molecule has 0 radical (unpaired) electrons. The lowest BCUT2D eigenvalue weighted by molar-refractivity contribution is 0.262. The van der Waals surface area contributed by atoms with Crippen molar-refractivity contribution in [1.29, 1.82) is 0 Å². The third kappa shape index (κ3) is 3.51. The van der Waals surface area contributed by atoms with Gasteiger partial charge >= 0.3 is 6.03 Å². The van der Waals surface area contributed by atoms with Crippen LogP contribution >= 0.6 is 0 Å². The minimum atomic E-state index is -0.334. The fourth-order valence-electron chi connectivity index (χ4n) is 1.55. The van der Waals surface area contributed by atoms with E-state index in [-0.39, 0.29) is 6.03 Å². The SMILES string of the molecule is C#Cc1cccc(NC(=O)Nc2ccc(N)cc2)c1. The summed E-state index contributed by atoms with van der Waals surface area (Å²) in [6.45, 7) is 0. The molecule has 0 saturated heterocycles. The van der Waals surface area contributed by atoms with Crippen LogP contribution in [0, 0.1) is 12.3 Å². The van der Waals surface area contributed by atoms with Crippen LogP contribution in [-0.4, -0.2) is 6.03 Å². The molecule has 0 heterocycles. The van der Waals surface area contributed by atoms with Crippen molar-refractivity contribution in [3.8, 4) is 12.3 Å². The highest BCUT2D eigenvalue weighted by atomic mass is 16.2. The van der Waals surface area contributed by atoms with Crippen molar-refractivity contribution in [3.63, 3.8) is 0 Å². The number of benzene rings is 2. The van der Waals surface area contributed by atoms with E-state index in [1.165, 1.54) is 0 Å². The first-order valence-corrected chi connectivity index (χ1v) is 5.67. The lowest BCUT2D eigenvalue weighted by Gasteiger charge is -2.08. The van der Waals surface area contributed by atoms with Crippen molar-refractivity contribution < 1.29 is 4.79 Å². The summed E-state index contributed by atoms with van der Waals surface area (Å²) in [5, 5.41) is 5.40. The zero-order chi connectivity index (χ0) is 13.7. The van der Waals surface area contributed by atoms with E-state index in [0.717, 1.165) is 0 Å². The van der Waals surface area contributed by atoms with E-state index in [1.807, 2.05) is 0 Å². The van der Waals surface area contributed by atoms with Crippen LogP contribution in [-0.2, 0) is 0 Å². The molecule has 0 aliphatic rings. The maximum atomic E-state index is 11.8. The van der Waals surface area contributed by atoms with Gasteiger partial charge in [0.05, 0.1) is 0 Å². The maximum absolute atomic E-state index is 11.8. The zero-order valence-electron chi connectivity index (χ0n) is 10.2. The molecular weight excluding hydrogens is 238 g/mol. The first kappa shape index (κ1) is 12.5. The van der Waals surface area contributed by atoms with Crippen LogP contribution in [0.4, 0.5) is 21.9 Å². The third-order valence-electron chi connectivity index (χ3n) is 2.46. The first-order chi connectivity index (χ1) is 9.17. The Balaban J connectivity index is 2.01. The predicted molar refractivity (Wildman–Crippen MR) is 77.9 cm³/mol. The average molecular weight is 251 g/mol. The molecule has 0 spiro atoms. The summed E-state index contributed by atoms with van der Waals surface area (Å²) in [4.78, 5) is 11.8. The summed E-state index contributed by atoms with van der Waals surface area (Å²) in [7, 11) is 0. The predicted octanol–water partition coefficient (Wildman–Crippen LogP) is 2.89. The molecular formula is C15H13N3O. The molecule has 0 saturated carbocycles. The molecule has 4 heteroatoms. The molecule has 0 aromatic heterocycles. The zero-order valence-corrected chi connectivity index (χ0v) is 10.2. The molecule has 0 aliphatic heterocycles. The topological polar surface area (TPSA) is 67.2 Å². The van der Waals surface area contributed by atoms with Gasteiger partial charge in [-0.1, -0.05) is 12.0 Å². The second-order valence-electron chi connectivity index (χ2n) is 3.93. The number of terminal acetylenes is 1. The molecule has 0 bridgehead atoms. The van der Waals surface area contributed by atoms with Gasteiger partial charge in [0.1, 0.15) is 0 Å². The highest BCUT2D eigenvalue weighted by molar-refractivity contribution is 5.99. The Labute approximate surface area is 111 Å². The number of urea groups is 1. The van der Waals surface area contributed by atoms with Crippen LogP contribution in [0.3, 0.4) is 0 Å². The molecule has 94 valence electrons. The van der Waals surface area contributed by atoms with Gasteiger partial charge in [0.15, 0.2) is 0 Å². The van der Waals surface area contributed by atoms with E-state index < -0.39 is 0 Å². The van der Waals surface area contributed by atoms with Crippen molar-refractivity contribution >= 4 is 23.1 Å². The quantitative estimate of drug-likeness (QED) is 0.567. The third-order valence-corrected chi connectivity index (χ3v) is 2.46. The van der Waals surface area contributed by atoms with Gasteiger partial charge in [0, 0.05) is 22.6 Å². The minimum Gasteiger partial charge on any atom is -0.399 e. The van der Waals surface area contributed by atoms with Gasteiger partial charge in [-0.05, 0) is 42.5 Å². The Morgan fingerprint density at radius 3 is 2.42 bits per heavy atom. The summed E-state index contributed by atoms with van der Waals surface area (Å²) < 4.78 is 0. The highest BCUT2D eigenvalue weighted by Gasteiger charge is 2.02. The number of nitrogens with one attached hydrogen (secondary N) is 2. The van der Waals surface area contributed by atoms with Gasteiger partial charge in [-0.2, -0.15) is 0 Å². The summed E-state index contributed by atoms with van der Waals surface area (Å²) in [6.07, 6.45) is 5.30. The Morgan fingerprint density at radius 2 is 1.74 bits per heavy atom. The van der Waals surface area contributed by atoms with Crippen molar-refractivity contribution in [3.05, 3.63) is 54.1 Å². The molecule has 2 amide bonds. The molecule has 4 nitrogen and oxygen atoms in total. The normalized spacial score (nSPS) is 9.42. The summed E-state index contributed by atoms with van der Waals surface area (Å²) in [5.41, 5.74) is 8.23. The fraction of sp³-hybridized carbons (Fsp3) is 0. The van der Waals surface area contributed by atoms with Gasteiger partial charge in [0.2, 0.25) is 0 Å². The molecule has 2 aromatic rings. The fourth-order valence-corrected chi connectivity index (χ4v) is 1.55. The van der Waals surface area contributed by atoms with Crippen molar-refractivity contribution in [1.82, 2.24) is 0 Å². The molecule has 2 aromatic carbocycles. The highest BCUT2D eigenvalue weighted by Crippen LogP contribution is 2.13. The number of rotatable bonds is 2. The second kappa shape index (κ2) is 5.61.